The van der Waals surface area contributed by atoms with Crippen molar-refractivity contribution in [2.45, 2.75) is 6.54 Å². The number of nitrogens with zero attached hydrogens (tertiary/aromatic N) is 4. The van der Waals surface area contributed by atoms with Crippen molar-refractivity contribution >= 4 is 29.7 Å². The average Bonchev–Trinajstić information content (AvgIpc) is 2.67. The lowest BCUT2D eigenvalue weighted by atomic mass is 10.2. The lowest BCUT2D eigenvalue weighted by Gasteiger charge is -2.32. The zero-order chi connectivity index (χ0) is 17.6. The molecule has 0 spiro atoms. The quantitative estimate of drug-likeness (QED) is 0.821. The van der Waals surface area contributed by atoms with E-state index in [0.717, 1.165) is 12.0 Å². The molecule has 0 unspecified atom stereocenters. The molecule has 1 aromatic heterocycles. The van der Waals surface area contributed by atoms with E-state index < -0.39 is 0 Å². The van der Waals surface area contributed by atoms with Gasteiger partial charge >= 0.3 is 0 Å². The first-order chi connectivity index (χ1) is 12.2. The summed E-state index contributed by atoms with van der Waals surface area (Å²) >= 11 is 6.11. The Balaban J connectivity index is 1.57. The number of amides is 2. The predicted molar refractivity (Wildman–Crippen MR) is 94.4 cm³/mol. The van der Waals surface area contributed by atoms with E-state index in [2.05, 4.69) is 15.3 Å². The summed E-state index contributed by atoms with van der Waals surface area (Å²) in [5.41, 5.74) is 1.25. The first kappa shape index (κ1) is 17.2. The molecule has 8 heteroatoms. The summed E-state index contributed by atoms with van der Waals surface area (Å²) in [4.78, 5) is 34.9. The third kappa shape index (κ3) is 4.24. The van der Waals surface area contributed by atoms with E-state index in [9.17, 15) is 9.59 Å². The van der Waals surface area contributed by atoms with Crippen molar-refractivity contribution in [2.75, 3.05) is 31.5 Å². The molecular formula is C17H18ClN5O2. The highest BCUT2D eigenvalue weighted by Gasteiger charge is 2.22. The van der Waals surface area contributed by atoms with E-state index in [0.29, 0.717) is 49.3 Å². The molecule has 2 aromatic rings. The van der Waals surface area contributed by atoms with Crippen molar-refractivity contribution < 1.29 is 9.59 Å². The molecule has 1 aromatic carbocycles. The highest BCUT2D eigenvalue weighted by atomic mass is 35.5. The van der Waals surface area contributed by atoms with Crippen LogP contribution in [-0.2, 0) is 11.3 Å². The Kier molecular flexibility index (Phi) is 5.45. The zero-order valence-electron chi connectivity index (χ0n) is 13.6. The van der Waals surface area contributed by atoms with Crippen LogP contribution in [0.2, 0.25) is 5.02 Å². The van der Waals surface area contributed by atoms with Gasteiger partial charge in [-0.2, -0.15) is 0 Å². The van der Waals surface area contributed by atoms with Gasteiger partial charge < -0.3 is 15.1 Å². The number of carbonyl (C=O) groups is 2. The van der Waals surface area contributed by atoms with Gasteiger partial charge in [-0.25, -0.2) is 9.97 Å². The van der Waals surface area contributed by atoms with Crippen LogP contribution >= 0.6 is 11.6 Å². The Bertz CT molecular complexity index is 745. The molecule has 1 saturated heterocycles. The molecule has 1 aliphatic heterocycles. The maximum atomic E-state index is 12.4. The number of rotatable bonds is 5. The van der Waals surface area contributed by atoms with Crippen molar-refractivity contribution in [2.24, 2.45) is 0 Å². The molecule has 130 valence electrons. The molecule has 2 amide bonds. The lowest BCUT2D eigenvalue weighted by molar-refractivity contribution is -0.119. The molecule has 1 fully saturated rings. The molecule has 25 heavy (non-hydrogen) atoms. The standard InChI is InChI=1S/C17H18ClN5O2/c18-14-4-2-1-3-13(14)9-20-16-11-19-15(10-21-16)17(25)23-7-5-22(12-24)6-8-23/h1-4,10-12H,5-9H2,(H,20,21). The van der Waals surface area contributed by atoms with E-state index in [1.54, 1.807) is 9.80 Å². The molecule has 1 N–H and O–H groups in total. The second-order valence-electron chi connectivity index (χ2n) is 5.67. The van der Waals surface area contributed by atoms with Gasteiger partial charge in [-0.1, -0.05) is 29.8 Å². The molecule has 7 nitrogen and oxygen atoms in total. The first-order valence-corrected chi connectivity index (χ1v) is 8.33. The summed E-state index contributed by atoms with van der Waals surface area (Å²) in [7, 11) is 0. The summed E-state index contributed by atoms with van der Waals surface area (Å²) < 4.78 is 0. The van der Waals surface area contributed by atoms with Crippen LogP contribution in [0.25, 0.3) is 0 Å². The van der Waals surface area contributed by atoms with Gasteiger partial charge in [-0.3, -0.25) is 9.59 Å². The van der Waals surface area contributed by atoms with E-state index in [1.807, 2.05) is 24.3 Å². The highest BCUT2D eigenvalue weighted by molar-refractivity contribution is 6.31. The number of nitrogens with one attached hydrogen (secondary N) is 1. The summed E-state index contributed by atoms with van der Waals surface area (Å²) in [5.74, 6) is 0.401. The van der Waals surface area contributed by atoms with Gasteiger partial charge in [0.1, 0.15) is 11.5 Å². The second-order valence-corrected chi connectivity index (χ2v) is 6.07. The average molecular weight is 360 g/mol. The van der Waals surface area contributed by atoms with E-state index >= 15 is 0 Å². The van der Waals surface area contributed by atoms with Crippen molar-refractivity contribution in [3.63, 3.8) is 0 Å². The number of anilines is 1. The van der Waals surface area contributed by atoms with Crippen molar-refractivity contribution in [1.29, 1.82) is 0 Å². The van der Waals surface area contributed by atoms with E-state index in [4.69, 9.17) is 11.6 Å². The van der Waals surface area contributed by atoms with Crippen molar-refractivity contribution in [3.05, 3.63) is 52.9 Å². The van der Waals surface area contributed by atoms with Gasteiger partial charge in [0.2, 0.25) is 6.41 Å². The number of carbonyl (C=O) groups excluding carboxylic acids is 2. The van der Waals surface area contributed by atoms with Gasteiger partial charge in [0.05, 0.1) is 12.4 Å². The van der Waals surface area contributed by atoms with E-state index in [1.165, 1.54) is 12.4 Å². The van der Waals surface area contributed by atoms with Crippen LogP contribution in [0, 0.1) is 0 Å². The smallest absolute Gasteiger partial charge is 0.274 e. The SMILES string of the molecule is O=CN1CCN(C(=O)c2cnc(NCc3ccccc3Cl)cn2)CC1. The molecule has 0 radical (unpaired) electrons. The zero-order valence-corrected chi connectivity index (χ0v) is 14.3. The molecule has 0 saturated carbocycles. The Hall–Kier alpha value is -2.67. The maximum absolute atomic E-state index is 12.4. The van der Waals surface area contributed by atoms with Gasteiger partial charge in [0.25, 0.3) is 5.91 Å². The third-order valence-corrected chi connectivity index (χ3v) is 4.41. The number of aromatic nitrogens is 2. The molecule has 3 rings (SSSR count). The summed E-state index contributed by atoms with van der Waals surface area (Å²) in [5, 5.41) is 3.82. The van der Waals surface area contributed by atoms with Crippen LogP contribution in [0.3, 0.4) is 0 Å². The Morgan fingerprint density at radius 3 is 2.56 bits per heavy atom. The second kappa shape index (κ2) is 7.94. The van der Waals surface area contributed by atoms with Gasteiger partial charge in [0, 0.05) is 37.7 Å². The van der Waals surface area contributed by atoms with Crippen molar-refractivity contribution in [1.82, 2.24) is 19.8 Å². The molecule has 0 aliphatic carbocycles. The fraction of sp³-hybridized carbons (Fsp3) is 0.294. The van der Waals surface area contributed by atoms with Gasteiger partial charge in [-0.15, -0.1) is 0 Å². The minimum Gasteiger partial charge on any atom is -0.365 e. The molecule has 2 heterocycles. The van der Waals surface area contributed by atoms with Crippen LogP contribution < -0.4 is 5.32 Å². The highest BCUT2D eigenvalue weighted by Crippen LogP contribution is 2.16. The number of benzene rings is 1. The Morgan fingerprint density at radius 2 is 1.92 bits per heavy atom. The molecule has 0 atom stereocenters. The maximum Gasteiger partial charge on any atom is 0.274 e. The molecule has 1 aliphatic rings. The monoisotopic (exact) mass is 359 g/mol. The normalized spacial score (nSPS) is 14.3. The number of hydrogen-bond donors (Lipinski definition) is 1. The van der Waals surface area contributed by atoms with Crippen LogP contribution in [0.1, 0.15) is 16.1 Å². The van der Waals surface area contributed by atoms with Crippen LogP contribution in [0.4, 0.5) is 5.82 Å². The third-order valence-electron chi connectivity index (χ3n) is 4.04. The summed E-state index contributed by atoms with van der Waals surface area (Å²) in [6.07, 6.45) is 3.80. The lowest BCUT2D eigenvalue weighted by Crippen LogP contribution is -2.48. The Morgan fingerprint density at radius 1 is 1.16 bits per heavy atom. The van der Waals surface area contributed by atoms with Crippen LogP contribution in [0.15, 0.2) is 36.7 Å². The number of halogens is 1. The predicted octanol–water partition coefficient (Wildman–Crippen LogP) is 1.66. The Labute approximate surface area is 150 Å². The molecule has 0 bridgehead atoms. The van der Waals surface area contributed by atoms with E-state index in [-0.39, 0.29) is 5.91 Å². The fourth-order valence-electron chi connectivity index (χ4n) is 2.55. The molecular weight excluding hydrogens is 342 g/mol. The minimum absolute atomic E-state index is 0.171. The van der Waals surface area contributed by atoms with Crippen LogP contribution in [-0.4, -0.2) is 58.3 Å². The fourth-order valence-corrected chi connectivity index (χ4v) is 2.75. The number of piperazine rings is 1. The summed E-state index contributed by atoms with van der Waals surface area (Å²) in [6, 6.07) is 7.55. The first-order valence-electron chi connectivity index (χ1n) is 7.95. The number of hydrogen-bond acceptors (Lipinski definition) is 5. The van der Waals surface area contributed by atoms with Gasteiger partial charge in [0.15, 0.2) is 0 Å². The van der Waals surface area contributed by atoms with Crippen LogP contribution in [0.5, 0.6) is 0 Å². The topological polar surface area (TPSA) is 78.4 Å². The largest absolute Gasteiger partial charge is 0.365 e. The minimum atomic E-state index is -0.171. The summed E-state index contributed by atoms with van der Waals surface area (Å²) in [6.45, 7) is 2.62. The van der Waals surface area contributed by atoms with Crippen molar-refractivity contribution in [3.8, 4) is 0 Å². The van der Waals surface area contributed by atoms with Gasteiger partial charge in [-0.05, 0) is 11.6 Å².